The lowest BCUT2D eigenvalue weighted by molar-refractivity contribution is 0.0983. The summed E-state index contributed by atoms with van der Waals surface area (Å²) in [5.74, 6) is 0.889. The number of para-hydroxylation sites is 2. The number of benzene rings is 2. The third kappa shape index (κ3) is 3.96. The number of likely N-dealkylation sites (tertiary alicyclic amines) is 1. The molecular weight excluding hydrogens is 352 g/mol. The quantitative estimate of drug-likeness (QED) is 0.726. The summed E-state index contributed by atoms with van der Waals surface area (Å²) in [6.45, 7) is 4.43. The molecule has 4 rings (SSSR count). The highest BCUT2D eigenvalue weighted by atomic mass is 16.6. The summed E-state index contributed by atoms with van der Waals surface area (Å²) < 4.78 is 7.35. The number of carbonyl (C=O) groups is 1. The zero-order chi connectivity index (χ0) is 19.3. The number of carbonyl (C=O) groups excluding carboxylic acids is 1. The second kappa shape index (κ2) is 8.33. The van der Waals surface area contributed by atoms with Gasteiger partial charge in [-0.1, -0.05) is 42.5 Å². The fourth-order valence-electron chi connectivity index (χ4n) is 3.72. The Hall–Kier alpha value is -3.02. The van der Waals surface area contributed by atoms with Gasteiger partial charge in [-0.2, -0.15) is 0 Å². The molecular formula is C22H26N4O2. The molecule has 146 valence electrons. The largest absolute Gasteiger partial charge is 0.450 e. The van der Waals surface area contributed by atoms with Crippen molar-refractivity contribution in [2.75, 3.05) is 25.0 Å². The number of hydrogen-bond acceptors (Lipinski definition) is 4. The van der Waals surface area contributed by atoms with Crippen molar-refractivity contribution in [2.24, 2.45) is 0 Å². The van der Waals surface area contributed by atoms with Gasteiger partial charge in [-0.05, 0) is 37.5 Å². The molecule has 6 heteroatoms. The minimum absolute atomic E-state index is 0.211. The van der Waals surface area contributed by atoms with Crippen molar-refractivity contribution >= 4 is 23.1 Å². The van der Waals surface area contributed by atoms with Gasteiger partial charge in [0.15, 0.2) is 0 Å². The van der Waals surface area contributed by atoms with Crippen molar-refractivity contribution in [2.45, 2.75) is 32.4 Å². The van der Waals surface area contributed by atoms with Crippen LogP contribution in [0.25, 0.3) is 11.0 Å². The molecule has 0 bridgehead atoms. The van der Waals surface area contributed by atoms with Gasteiger partial charge in [-0.3, -0.25) is 0 Å². The normalized spacial score (nSPS) is 15.0. The van der Waals surface area contributed by atoms with Gasteiger partial charge in [-0.15, -0.1) is 0 Å². The first-order valence-corrected chi connectivity index (χ1v) is 9.92. The number of ether oxygens (including phenoxy) is 1. The summed E-state index contributed by atoms with van der Waals surface area (Å²) in [5, 5.41) is 3.62. The van der Waals surface area contributed by atoms with E-state index in [9.17, 15) is 4.79 Å². The maximum absolute atomic E-state index is 11.9. The lowest BCUT2D eigenvalue weighted by Gasteiger charge is -2.32. The van der Waals surface area contributed by atoms with Crippen molar-refractivity contribution < 1.29 is 9.53 Å². The van der Waals surface area contributed by atoms with Crippen molar-refractivity contribution in [1.82, 2.24) is 14.5 Å². The number of rotatable bonds is 5. The standard InChI is InChI=1S/C22H26N4O2/c1-2-28-22(27)25-14-12-18(13-15-25)23-21-24-19-10-6-7-11-20(19)26(21)16-17-8-4-3-5-9-17/h3-11,18H,2,12-16H2,1H3,(H,23,24). The number of anilines is 1. The number of aromatic nitrogens is 2. The number of fused-ring (bicyclic) bond motifs is 1. The van der Waals surface area contributed by atoms with E-state index in [2.05, 4.69) is 40.2 Å². The van der Waals surface area contributed by atoms with Crippen LogP contribution < -0.4 is 5.32 Å². The number of nitrogens with one attached hydrogen (secondary N) is 1. The SMILES string of the molecule is CCOC(=O)N1CCC(Nc2nc3ccccc3n2Cc2ccccc2)CC1. The lowest BCUT2D eigenvalue weighted by atomic mass is 10.1. The Labute approximate surface area is 165 Å². The van der Waals surface area contributed by atoms with Gasteiger partial charge in [-0.25, -0.2) is 9.78 Å². The van der Waals surface area contributed by atoms with Crippen LogP contribution in [0, 0.1) is 0 Å². The topological polar surface area (TPSA) is 59.4 Å². The fourth-order valence-corrected chi connectivity index (χ4v) is 3.72. The Balaban J connectivity index is 1.51. The molecule has 1 aliphatic heterocycles. The molecule has 1 N–H and O–H groups in total. The maximum atomic E-state index is 11.9. The number of imidazole rings is 1. The Kier molecular flexibility index (Phi) is 5.46. The van der Waals surface area contributed by atoms with E-state index in [4.69, 9.17) is 9.72 Å². The van der Waals surface area contributed by atoms with Crippen LogP contribution in [0.4, 0.5) is 10.7 Å². The summed E-state index contributed by atoms with van der Waals surface area (Å²) in [4.78, 5) is 18.5. The van der Waals surface area contributed by atoms with E-state index in [1.165, 1.54) is 5.56 Å². The highest BCUT2D eigenvalue weighted by molar-refractivity contribution is 5.78. The van der Waals surface area contributed by atoms with Gasteiger partial charge >= 0.3 is 6.09 Å². The minimum Gasteiger partial charge on any atom is -0.450 e. The fraction of sp³-hybridized carbons (Fsp3) is 0.364. The van der Waals surface area contributed by atoms with Crippen LogP contribution >= 0.6 is 0 Å². The first-order valence-electron chi connectivity index (χ1n) is 9.92. The van der Waals surface area contributed by atoms with Crippen LogP contribution in [0.2, 0.25) is 0 Å². The third-order valence-corrected chi connectivity index (χ3v) is 5.19. The van der Waals surface area contributed by atoms with E-state index >= 15 is 0 Å². The Morgan fingerprint density at radius 3 is 2.57 bits per heavy atom. The third-order valence-electron chi connectivity index (χ3n) is 5.19. The van der Waals surface area contributed by atoms with Crippen molar-refractivity contribution in [3.63, 3.8) is 0 Å². The minimum atomic E-state index is -0.211. The number of piperidine rings is 1. The molecule has 3 aromatic rings. The molecule has 0 saturated carbocycles. The number of hydrogen-bond donors (Lipinski definition) is 1. The summed E-state index contributed by atoms with van der Waals surface area (Å²) in [7, 11) is 0. The van der Waals surface area contributed by atoms with E-state index < -0.39 is 0 Å². The van der Waals surface area contributed by atoms with Crippen LogP contribution in [0.1, 0.15) is 25.3 Å². The molecule has 2 aromatic carbocycles. The summed E-state index contributed by atoms with van der Waals surface area (Å²) >= 11 is 0. The highest BCUT2D eigenvalue weighted by Gasteiger charge is 2.24. The predicted molar refractivity (Wildman–Crippen MR) is 111 cm³/mol. The molecule has 1 aliphatic rings. The number of amides is 1. The van der Waals surface area contributed by atoms with Gasteiger partial charge in [0.1, 0.15) is 0 Å². The van der Waals surface area contributed by atoms with Gasteiger partial charge in [0, 0.05) is 19.1 Å². The van der Waals surface area contributed by atoms with Crippen LogP contribution in [0.15, 0.2) is 54.6 Å². The molecule has 0 aliphatic carbocycles. The first kappa shape index (κ1) is 18.3. The molecule has 0 spiro atoms. The van der Waals surface area contributed by atoms with Crippen LogP contribution in [-0.2, 0) is 11.3 Å². The molecule has 1 fully saturated rings. The van der Waals surface area contributed by atoms with Crippen molar-refractivity contribution in [3.8, 4) is 0 Å². The molecule has 0 unspecified atom stereocenters. The van der Waals surface area contributed by atoms with Crippen LogP contribution in [0.3, 0.4) is 0 Å². The zero-order valence-electron chi connectivity index (χ0n) is 16.2. The van der Waals surface area contributed by atoms with E-state index in [1.807, 2.05) is 31.2 Å². The average molecular weight is 378 g/mol. The maximum Gasteiger partial charge on any atom is 0.409 e. The molecule has 0 atom stereocenters. The molecule has 0 radical (unpaired) electrons. The van der Waals surface area contributed by atoms with Crippen LogP contribution in [-0.4, -0.2) is 46.3 Å². The first-order chi connectivity index (χ1) is 13.7. The molecule has 2 heterocycles. The summed E-state index contributed by atoms with van der Waals surface area (Å²) in [5.41, 5.74) is 3.36. The Morgan fingerprint density at radius 2 is 1.82 bits per heavy atom. The van der Waals surface area contributed by atoms with E-state index in [1.54, 1.807) is 4.90 Å². The van der Waals surface area contributed by atoms with Gasteiger partial charge in [0.2, 0.25) is 5.95 Å². The monoisotopic (exact) mass is 378 g/mol. The molecule has 6 nitrogen and oxygen atoms in total. The second-order valence-electron chi connectivity index (χ2n) is 7.10. The van der Waals surface area contributed by atoms with Crippen LogP contribution in [0.5, 0.6) is 0 Å². The van der Waals surface area contributed by atoms with E-state index in [-0.39, 0.29) is 12.1 Å². The predicted octanol–water partition coefficient (Wildman–Crippen LogP) is 4.12. The summed E-state index contributed by atoms with van der Waals surface area (Å²) in [6.07, 6.45) is 1.55. The smallest absolute Gasteiger partial charge is 0.409 e. The average Bonchev–Trinajstić information content (AvgIpc) is 3.06. The Bertz CT molecular complexity index is 930. The lowest BCUT2D eigenvalue weighted by Crippen LogP contribution is -2.42. The van der Waals surface area contributed by atoms with Crippen molar-refractivity contribution in [1.29, 1.82) is 0 Å². The number of nitrogens with zero attached hydrogens (tertiary/aromatic N) is 3. The molecule has 1 saturated heterocycles. The summed E-state index contributed by atoms with van der Waals surface area (Å²) in [6, 6.07) is 18.9. The van der Waals surface area contributed by atoms with Crippen molar-refractivity contribution in [3.05, 3.63) is 60.2 Å². The van der Waals surface area contributed by atoms with Gasteiger partial charge in [0.05, 0.1) is 24.2 Å². The Morgan fingerprint density at radius 1 is 1.11 bits per heavy atom. The second-order valence-corrected chi connectivity index (χ2v) is 7.10. The van der Waals surface area contributed by atoms with E-state index in [0.29, 0.717) is 19.7 Å². The molecule has 1 aromatic heterocycles. The molecule has 1 amide bonds. The highest BCUT2D eigenvalue weighted by Crippen LogP contribution is 2.24. The molecule has 28 heavy (non-hydrogen) atoms. The van der Waals surface area contributed by atoms with Gasteiger partial charge in [0.25, 0.3) is 0 Å². The van der Waals surface area contributed by atoms with E-state index in [0.717, 1.165) is 36.4 Å². The van der Waals surface area contributed by atoms with Gasteiger partial charge < -0.3 is 19.5 Å². The zero-order valence-corrected chi connectivity index (χ0v) is 16.2.